The highest BCUT2D eigenvalue weighted by atomic mass is 32.2. The molecule has 10 heteroatoms. The van der Waals surface area contributed by atoms with E-state index in [4.69, 9.17) is 0 Å². The molecule has 156 valence electrons. The number of nitrogens with zero attached hydrogens (tertiary/aromatic N) is 4. The molecule has 2 aromatic heterocycles. The quantitative estimate of drug-likeness (QED) is 0.601. The Morgan fingerprint density at radius 3 is 2.50 bits per heavy atom. The minimum Gasteiger partial charge on any atom is -0.340 e. The standard InChI is InChI=1S/C20H19FN4O3S2/c21-16-3-5-18(6-4-16)30(27,28)25-10-8-24(9-11-25)19(26)12-17-14-29-20(23-17)15-2-1-7-22-13-15/h1-7,13-14H,8-12H2. The molecule has 30 heavy (non-hydrogen) atoms. The number of pyridine rings is 1. The van der Waals surface area contributed by atoms with Crippen LogP contribution in [-0.4, -0.2) is 59.7 Å². The maximum atomic E-state index is 13.1. The van der Waals surface area contributed by atoms with Crippen LogP contribution in [-0.2, 0) is 21.2 Å². The van der Waals surface area contributed by atoms with Gasteiger partial charge >= 0.3 is 0 Å². The van der Waals surface area contributed by atoms with Crippen molar-refractivity contribution in [2.45, 2.75) is 11.3 Å². The molecular formula is C20H19FN4O3S2. The van der Waals surface area contributed by atoms with E-state index in [-0.39, 0.29) is 30.3 Å². The van der Waals surface area contributed by atoms with Gasteiger partial charge in [-0.1, -0.05) is 0 Å². The van der Waals surface area contributed by atoms with E-state index in [1.165, 1.54) is 27.8 Å². The predicted molar refractivity (Wildman–Crippen MR) is 111 cm³/mol. The van der Waals surface area contributed by atoms with Gasteiger partial charge in [-0.05, 0) is 36.4 Å². The highest BCUT2D eigenvalue weighted by molar-refractivity contribution is 7.89. The number of hydrogen-bond donors (Lipinski definition) is 0. The Kier molecular flexibility index (Phi) is 5.89. The SMILES string of the molecule is O=C(Cc1csc(-c2cccnc2)n1)N1CCN(S(=O)(=O)c2ccc(F)cc2)CC1. The second kappa shape index (κ2) is 8.58. The molecule has 0 saturated carbocycles. The van der Waals surface area contributed by atoms with Gasteiger partial charge in [0, 0.05) is 49.5 Å². The minimum atomic E-state index is -3.70. The molecule has 0 atom stereocenters. The Morgan fingerprint density at radius 1 is 1.10 bits per heavy atom. The van der Waals surface area contributed by atoms with Gasteiger partial charge in [0.2, 0.25) is 15.9 Å². The molecule has 1 aromatic carbocycles. The largest absolute Gasteiger partial charge is 0.340 e. The Hall–Kier alpha value is -2.69. The van der Waals surface area contributed by atoms with Gasteiger partial charge < -0.3 is 4.90 Å². The van der Waals surface area contributed by atoms with E-state index in [0.29, 0.717) is 18.8 Å². The summed E-state index contributed by atoms with van der Waals surface area (Å²) in [7, 11) is -3.70. The summed E-state index contributed by atoms with van der Waals surface area (Å²) in [4.78, 5) is 22.9. The number of rotatable bonds is 5. The minimum absolute atomic E-state index is 0.0501. The van der Waals surface area contributed by atoms with Crippen molar-refractivity contribution in [3.63, 3.8) is 0 Å². The lowest BCUT2D eigenvalue weighted by Crippen LogP contribution is -2.50. The van der Waals surface area contributed by atoms with Gasteiger partial charge in [-0.15, -0.1) is 11.3 Å². The van der Waals surface area contributed by atoms with Crippen LogP contribution >= 0.6 is 11.3 Å². The van der Waals surface area contributed by atoms with Crippen LogP contribution in [0.25, 0.3) is 10.6 Å². The van der Waals surface area contributed by atoms with Crippen molar-refractivity contribution in [1.29, 1.82) is 0 Å². The van der Waals surface area contributed by atoms with Gasteiger partial charge in [0.25, 0.3) is 0 Å². The summed E-state index contributed by atoms with van der Waals surface area (Å²) in [5.41, 5.74) is 1.59. The van der Waals surface area contributed by atoms with Crippen molar-refractivity contribution in [3.05, 3.63) is 65.7 Å². The number of hydrogen-bond acceptors (Lipinski definition) is 6. The molecule has 1 aliphatic heterocycles. The zero-order valence-electron chi connectivity index (χ0n) is 15.9. The number of piperazine rings is 1. The average Bonchev–Trinajstić information content (AvgIpc) is 3.23. The normalized spacial score (nSPS) is 15.3. The van der Waals surface area contributed by atoms with Crippen LogP contribution in [0, 0.1) is 5.82 Å². The maximum absolute atomic E-state index is 13.1. The summed E-state index contributed by atoms with van der Waals surface area (Å²) >= 11 is 1.46. The Labute approximate surface area is 177 Å². The van der Waals surface area contributed by atoms with E-state index >= 15 is 0 Å². The molecule has 0 bridgehead atoms. The van der Waals surface area contributed by atoms with Crippen LogP contribution in [0.4, 0.5) is 4.39 Å². The maximum Gasteiger partial charge on any atom is 0.243 e. The summed E-state index contributed by atoms with van der Waals surface area (Å²) in [5.74, 6) is -0.574. The van der Waals surface area contributed by atoms with Gasteiger partial charge in [-0.2, -0.15) is 4.31 Å². The fraction of sp³-hybridized carbons (Fsp3) is 0.250. The molecule has 1 aliphatic rings. The van der Waals surface area contributed by atoms with Crippen molar-refractivity contribution < 1.29 is 17.6 Å². The lowest BCUT2D eigenvalue weighted by Gasteiger charge is -2.34. The summed E-state index contributed by atoms with van der Waals surface area (Å²) < 4.78 is 39.8. The Morgan fingerprint density at radius 2 is 1.83 bits per heavy atom. The molecule has 0 radical (unpaired) electrons. The summed E-state index contributed by atoms with van der Waals surface area (Å²) in [5, 5.41) is 2.66. The monoisotopic (exact) mass is 446 g/mol. The van der Waals surface area contributed by atoms with Crippen LogP contribution in [0.15, 0.2) is 59.1 Å². The number of carbonyl (C=O) groups excluding carboxylic acids is 1. The van der Waals surface area contributed by atoms with Gasteiger partial charge in [0.1, 0.15) is 10.8 Å². The summed E-state index contributed by atoms with van der Waals surface area (Å²) in [6.45, 7) is 1.00. The summed E-state index contributed by atoms with van der Waals surface area (Å²) in [6, 6.07) is 8.51. The second-order valence-electron chi connectivity index (χ2n) is 6.80. The number of aromatic nitrogens is 2. The Bertz CT molecular complexity index is 1130. The van der Waals surface area contributed by atoms with E-state index in [9.17, 15) is 17.6 Å². The van der Waals surface area contributed by atoms with Crippen LogP contribution in [0.2, 0.25) is 0 Å². The number of benzene rings is 1. The Balaban J connectivity index is 1.36. The van der Waals surface area contributed by atoms with Crippen molar-refractivity contribution in [3.8, 4) is 10.6 Å². The number of amides is 1. The topological polar surface area (TPSA) is 83.5 Å². The second-order valence-corrected chi connectivity index (χ2v) is 9.60. The number of thiazole rings is 1. The smallest absolute Gasteiger partial charge is 0.243 e. The van der Waals surface area contributed by atoms with Gasteiger partial charge in [0.05, 0.1) is 17.0 Å². The van der Waals surface area contributed by atoms with E-state index in [2.05, 4.69) is 9.97 Å². The first-order valence-corrected chi connectivity index (χ1v) is 11.6. The van der Waals surface area contributed by atoms with E-state index < -0.39 is 15.8 Å². The van der Waals surface area contributed by atoms with Gasteiger partial charge in [0.15, 0.2) is 0 Å². The molecule has 3 heterocycles. The fourth-order valence-electron chi connectivity index (χ4n) is 3.21. The lowest BCUT2D eigenvalue weighted by molar-refractivity contribution is -0.131. The summed E-state index contributed by atoms with van der Waals surface area (Å²) in [6.07, 6.45) is 3.59. The molecule has 0 N–H and O–H groups in total. The van der Waals surface area contributed by atoms with E-state index in [1.807, 2.05) is 17.5 Å². The first-order valence-electron chi connectivity index (χ1n) is 9.32. The van der Waals surface area contributed by atoms with Crippen molar-refractivity contribution >= 4 is 27.3 Å². The first kappa shape index (κ1) is 20.6. The average molecular weight is 447 g/mol. The van der Waals surface area contributed by atoms with Crippen LogP contribution in [0.3, 0.4) is 0 Å². The molecule has 0 spiro atoms. The predicted octanol–water partition coefficient (Wildman–Crippen LogP) is 2.42. The van der Waals surface area contributed by atoms with Crippen LogP contribution in [0.5, 0.6) is 0 Å². The van der Waals surface area contributed by atoms with Gasteiger partial charge in [-0.3, -0.25) is 9.78 Å². The zero-order valence-corrected chi connectivity index (χ0v) is 17.6. The molecular weight excluding hydrogens is 427 g/mol. The van der Waals surface area contributed by atoms with Crippen molar-refractivity contribution in [1.82, 2.24) is 19.2 Å². The third-order valence-electron chi connectivity index (χ3n) is 4.84. The van der Waals surface area contributed by atoms with E-state index in [1.54, 1.807) is 17.3 Å². The van der Waals surface area contributed by atoms with E-state index in [0.717, 1.165) is 22.7 Å². The zero-order chi connectivity index (χ0) is 21.1. The molecule has 1 amide bonds. The number of halogens is 1. The lowest BCUT2D eigenvalue weighted by atomic mass is 10.2. The third-order valence-corrected chi connectivity index (χ3v) is 7.69. The van der Waals surface area contributed by atoms with Crippen molar-refractivity contribution in [2.75, 3.05) is 26.2 Å². The van der Waals surface area contributed by atoms with Gasteiger partial charge in [-0.25, -0.2) is 17.8 Å². The molecule has 1 saturated heterocycles. The van der Waals surface area contributed by atoms with Crippen molar-refractivity contribution in [2.24, 2.45) is 0 Å². The molecule has 0 unspecified atom stereocenters. The number of carbonyl (C=O) groups is 1. The highest BCUT2D eigenvalue weighted by Crippen LogP contribution is 2.23. The third kappa shape index (κ3) is 4.40. The first-order chi connectivity index (χ1) is 14.4. The molecule has 7 nitrogen and oxygen atoms in total. The van der Waals surface area contributed by atoms with Crippen LogP contribution < -0.4 is 0 Å². The molecule has 0 aliphatic carbocycles. The number of sulfonamides is 1. The molecule has 4 rings (SSSR count). The molecule has 3 aromatic rings. The molecule has 1 fully saturated rings. The fourth-order valence-corrected chi connectivity index (χ4v) is 5.44. The van der Waals surface area contributed by atoms with Crippen LogP contribution in [0.1, 0.15) is 5.69 Å². The highest BCUT2D eigenvalue weighted by Gasteiger charge is 2.30.